The van der Waals surface area contributed by atoms with Gasteiger partial charge in [0.2, 0.25) is 5.91 Å². The van der Waals surface area contributed by atoms with Gasteiger partial charge >= 0.3 is 0 Å². The van der Waals surface area contributed by atoms with Crippen LogP contribution in [0.15, 0.2) is 53.1 Å². The third kappa shape index (κ3) is 4.72. The number of furan rings is 1. The van der Waals surface area contributed by atoms with Crippen LogP contribution in [0.1, 0.15) is 42.3 Å². The molecule has 2 atom stereocenters. The third-order valence-electron chi connectivity index (χ3n) is 4.11. The van der Waals surface area contributed by atoms with Crippen LogP contribution in [-0.2, 0) is 4.79 Å². The molecule has 1 aromatic heterocycles. The number of nitrogens with one attached hydrogen (secondary N) is 2. The van der Waals surface area contributed by atoms with E-state index in [1.807, 2.05) is 30.3 Å². The van der Waals surface area contributed by atoms with Crippen LogP contribution in [0.4, 0.5) is 0 Å². The Morgan fingerprint density at radius 2 is 1.75 bits per heavy atom. The molecule has 1 aromatic carbocycles. The highest BCUT2D eigenvalue weighted by Crippen LogP contribution is 2.26. The van der Waals surface area contributed by atoms with Crippen LogP contribution < -0.4 is 10.6 Å². The maximum Gasteiger partial charge on any atom is 0.287 e. The van der Waals surface area contributed by atoms with Crippen molar-refractivity contribution in [2.24, 2.45) is 5.92 Å². The lowest BCUT2D eigenvalue weighted by molar-refractivity contribution is -0.123. The molecule has 0 spiro atoms. The number of rotatable bonds is 8. The molecule has 24 heavy (non-hydrogen) atoms. The van der Waals surface area contributed by atoms with E-state index in [2.05, 4.69) is 24.5 Å². The first kappa shape index (κ1) is 17.8. The van der Waals surface area contributed by atoms with E-state index in [-0.39, 0.29) is 29.4 Å². The average molecular weight is 328 g/mol. The zero-order valence-electron chi connectivity index (χ0n) is 14.1. The molecule has 0 saturated carbocycles. The molecule has 5 nitrogen and oxygen atoms in total. The minimum absolute atomic E-state index is 0.0113. The van der Waals surface area contributed by atoms with Gasteiger partial charge in [-0.15, -0.1) is 0 Å². The van der Waals surface area contributed by atoms with Crippen molar-refractivity contribution in [3.8, 4) is 0 Å². The topological polar surface area (TPSA) is 71.3 Å². The molecule has 0 fully saturated rings. The Morgan fingerprint density at radius 3 is 2.38 bits per heavy atom. The molecule has 0 bridgehead atoms. The van der Waals surface area contributed by atoms with Crippen molar-refractivity contribution >= 4 is 11.8 Å². The second-order valence-corrected chi connectivity index (χ2v) is 5.80. The van der Waals surface area contributed by atoms with Crippen LogP contribution in [0.2, 0.25) is 0 Å². The fraction of sp³-hybridized carbons (Fsp3) is 0.368. The van der Waals surface area contributed by atoms with Gasteiger partial charge in [-0.25, -0.2) is 0 Å². The van der Waals surface area contributed by atoms with E-state index in [1.165, 1.54) is 6.26 Å². The lowest BCUT2D eigenvalue weighted by atomic mass is 9.85. The zero-order chi connectivity index (χ0) is 17.4. The second kappa shape index (κ2) is 8.91. The van der Waals surface area contributed by atoms with Crippen LogP contribution in [0, 0.1) is 5.92 Å². The zero-order valence-corrected chi connectivity index (χ0v) is 14.1. The lowest BCUT2D eigenvalue weighted by Crippen LogP contribution is -2.38. The summed E-state index contributed by atoms with van der Waals surface area (Å²) < 4.78 is 5.02. The Kier molecular flexibility index (Phi) is 6.61. The van der Waals surface area contributed by atoms with E-state index in [0.29, 0.717) is 13.1 Å². The normalized spacial score (nSPS) is 13.1. The van der Waals surface area contributed by atoms with Crippen LogP contribution in [0.5, 0.6) is 0 Å². The van der Waals surface area contributed by atoms with Gasteiger partial charge in [0.15, 0.2) is 5.76 Å². The van der Waals surface area contributed by atoms with E-state index in [1.54, 1.807) is 12.1 Å². The highest BCUT2D eigenvalue weighted by atomic mass is 16.3. The van der Waals surface area contributed by atoms with Gasteiger partial charge in [-0.1, -0.05) is 50.6 Å². The molecule has 128 valence electrons. The average Bonchev–Trinajstić information content (AvgIpc) is 3.14. The van der Waals surface area contributed by atoms with Crippen LogP contribution >= 0.6 is 0 Å². The Morgan fingerprint density at radius 1 is 1.04 bits per heavy atom. The number of hydrogen-bond acceptors (Lipinski definition) is 3. The van der Waals surface area contributed by atoms with Gasteiger partial charge in [-0.3, -0.25) is 9.59 Å². The minimum Gasteiger partial charge on any atom is -0.459 e. The first-order valence-electron chi connectivity index (χ1n) is 8.27. The SMILES string of the molecule is CC[C@@H](C)[C@@H](C(=O)NCCNC(=O)c1ccco1)c1ccccc1. The Bertz CT molecular complexity index is 638. The van der Waals surface area contributed by atoms with Gasteiger partial charge < -0.3 is 15.1 Å². The number of amides is 2. The van der Waals surface area contributed by atoms with Gasteiger partial charge in [0.1, 0.15) is 0 Å². The van der Waals surface area contributed by atoms with Crippen molar-refractivity contribution in [2.45, 2.75) is 26.2 Å². The van der Waals surface area contributed by atoms with Crippen molar-refractivity contribution in [3.05, 3.63) is 60.1 Å². The molecular formula is C19H24N2O3. The quantitative estimate of drug-likeness (QED) is 0.732. The van der Waals surface area contributed by atoms with Crippen molar-refractivity contribution in [1.82, 2.24) is 10.6 Å². The second-order valence-electron chi connectivity index (χ2n) is 5.80. The smallest absolute Gasteiger partial charge is 0.287 e. The van der Waals surface area contributed by atoms with Gasteiger partial charge in [0, 0.05) is 13.1 Å². The van der Waals surface area contributed by atoms with Gasteiger partial charge in [-0.2, -0.15) is 0 Å². The summed E-state index contributed by atoms with van der Waals surface area (Å²) in [5, 5.41) is 5.63. The predicted molar refractivity (Wildman–Crippen MR) is 92.7 cm³/mol. The number of carbonyl (C=O) groups is 2. The number of benzene rings is 1. The van der Waals surface area contributed by atoms with Gasteiger partial charge in [-0.05, 0) is 23.6 Å². The van der Waals surface area contributed by atoms with E-state index in [0.717, 1.165) is 12.0 Å². The Hall–Kier alpha value is -2.56. The van der Waals surface area contributed by atoms with Gasteiger partial charge in [0.05, 0.1) is 12.2 Å². The van der Waals surface area contributed by atoms with E-state index in [9.17, 15) is 9.59 Å². The molecule has 0 aliphatic heterocycles. The molecule has 0 aliphatic carbocycles. The van der Waals surface area contributed by atoms with Crippen molar-refractivity contribution < 1.29 is 14.0 Å². The van der Waals surface area contributed by atoms with Crippen molar-refractivity contribution in [3.63, 3.8) is 0 Å². The van der Waals surface area contributed by atoms with E-state index < -0.39 is 0 Å². The molecule has 2 aromatic rings. The molecule has 0 saturated heterocycles. The van der Waals surface area contributed by atoms with Crippen LogP contribution in [0.25, 0.3) is 0 Å². The molecule has 5 heteroatoms. The van der Waals surface area contributed by atoms with Gasteiger partial charge in [0.25, 0.3) is 5.91 Å². The Labute approximate surface area is 142 Å². The molecule has 2 N–H and O–H groups in total. The van der Waals surface area contributed by atoms with Crippen LogP contribution in [-0.4, -0.2) is 24.9 Å². The maximum atomic E-state index is 12.6. The molecular weight excluding hydrogens is 304 g/mol. The largest absolute Gasteiger partial charge is 0.459 e. The monoisotopic (exact) mass is 328 g/mol. The summed E-state index contributed by atoms with van der Waals surface area (Å²) in [5.74, 6) is 0.0313. The summed E-state index contributed by atoms with van der Waals surface area (Å²) in [6.07, 6.45) is 2.37. The maximum absolute atomic E-state index is 12.6. The number of carbonyl (C=O) groups excluding carboxylic acids is 2. The fourth-order valence-corrected chi connectivity index (χ4v) is 2.60. The summed E-state index contributed by atoms with van der Waals surface area (Å²) in [6, 6.07) is 13.1. The summed E-state index contributed by atoms with van der Waals surface area (Å²) in [5.41, 5.74) is 1.02. The first-order valence-corrected chi connectivity index (χ1v) is 8.27. The molecule has 1 heterocycles. The highest BCUT2D eigenvalue weighted by molar-refractivity contribution is 5.91. The summed E-state index contributed by atoms with van der Waals surface area (Å²) in [6.45, 7) is 4.89. The first-order chi connectivity index (χ1) is 11.6. The van der Waals surface area contributed by atoms with E-state index >= 15 is 0 Å². The lowest BCUT2D eigenvalue weighted by Gasteiger charge is -2.22. The number of hydrogen-bond donors (Lipinski definition) is 2. The standard InChI is InChI=1S/C19H24N2O3/c1-3-14(2)17(15-8-5-4-6-9-15)19(23)21-12-11-20-18(22)16-10-7-13-24-16/h4-10,13-14,17H,3,11-12H2,1-2H3,(H,20,22)(H,21,23)/t14-,17-/m1/s1. The van der Waals surface area contributed by atoms with E-state index in [4.69, 9.17) is 4.42 Å². The fourth-order valence-electron chi connectivity index (χ4n) is 2.60. The van der Waals surface area contributed by atoms with Crippen LogP contribution in [0.3, 0.4) is 0 Å². The molecule has 2 amide bonds. The van der Waals surface area contributed by atoms with Crippen molar-refractivity contribution in [1.29, 1.82) is 0 Å². The summed E-state index contributed by atoms with van der Waals surface area (Å²) in [7, 11) is 0. The Balaban J connectivity index is 1.86. The van der Waals surface area contributed by atoms with Crippen molar-refractivity contribution in [2.75, 3.05) is 13.1 Å². The third-order valence-corrected chi connectivity index (χ3v) is 4.11. The molecule has 0 radical (unpaired) electrons. The highest BCUT2D eigenvalue weighted by Gasteiger charge is 2.25. The summed E-state index contributed by atoms with van der Waals surface area (Å²) in [4.78, 5) is 24.3. The minimum atomic E-state index is -0.282. The molecule has 0 aliphatic rings. The molecule has 2 rings (SSSR count). The molecule has 0 unspecified atom stereocenters. The summed E-state index contributed by atoms with van der Waals surface area (Å²) >= 11 is 0. The predicted octanol–water partition coefficient (Wildman–Crippen LogP) is 2.96.